The molecule has 5 heteroatoms. The summed E-state index contributed by atoms with van der Waals surface area (Å²) in [6.07, 6.45) is 0. The van der Waals surface area contributed by atoms with Crippen LogP contribution in [0, 0.1) is 0 Å². The van der Waals surface area contributed by atoms with E-state index in [2.05, 4.69) is 10.6 Å². The summed E-state index contributed by atoms with van der Waals surface area (Å²) in [6, 6.07) is 15.7. The first-order chi connectivity index (χ1) is 11.1. The third kappa shape index (κ3) is 5.27. The number of amides is 1. The molecule has 0 spiro atoms. The summed E-state index contributed by atoms with van der Waals surface area (Å²) in [6.45, 7) is 2.49. The highest BCUT2D eigenvalue weighted by Gasteiger charge is 2.08. The monoisotopic (exact) mass is 332 g/mol. The van der Waals surface area contributed by atoms with Gasteiger partial charge in [0.25, 0.3) is 5.91 Å². The van der Waals surface area contributed by atoms with Gasteiger partial charge in [0, 0.05) is 12.6 Å². The molecule has 0 aromatic heterocycles. The number of hydrogen-bond acceptors (Lipinski definition) is 3. The molecule has 2 rings (SSSR count). The van der Waals surface area contributed by atoms with Crippen molar-refractivity contribution in [3.63, 3.8) is 0 Å². The molecule has 0 aliphatic rings. The highest BCUT2D eigenvalue weighted by atomic mass is 35.5. The second-order valence-electron chi connectivity index (χ2n) is 5.29. The zero-order chi connectivity index (χ0) is 16.7. The molecule has 1 amide bonds. The zero-order valence-corrected chi connectivity index (χ0v) is 14.1. The maximum atomic E-state index is 11.7. The van der Waals surface area contributed by atoms with Crippen molar-refractivity contribution in [3.8, 4) is 16.9 Å². The highest BCUT2D eigenvalue weighted by Crippen LogP contribution is 2.30. The van der Waals surface area contributed by atoms with E-state index in [1.807, 2.05) is 56.4 Å². The maximum Gasteiger partial charge on any atom is 0.257 e. The minimum atomic E-state index is -0.171. The van der Waals surface area contributed by atoms with Gasteiger partial charge in [0.15, 0.2) is 6.61 Å². The molecule has 0 radical (unpaired) electrons. The maximum absolute atomic E-state index is 11.7. The molecule has 0 aliphatic carbocycles. The number of likely N-dealkylation sites (N-methyl/N-ethyl adjacent to an activating group) is 1. The Morgan fingerprint density at radius 3 is 2.57 bits per heavy atom. The van der Waals surface area contributed by atoms with E-state index in [0.29, 0.717) is 17.3 Å². The average Bonchev–Trinajstić information content (AvgIpc) is 2.59. The second-order valence-corrected chi connectivity index (χ2v) is 5.70. The van der Waals surface area contributed by atoms with Crippen molar-refractivity contribution >= 4 is 17.5 Å². The fourth-order valence-electron chi connectivity index (χ4n) is 1.99. The van der Waals surface area contributed by atoms with Gasteiger partial charge in [-0.3, -0.25) is 4.79 Å². The molecule has 1 unspecified atom stereocenters. The van der Waals surface area contributed by atoms with E-state index in [1.54, 1.807) is 6.07 Å². The molecule has 122 valence electrons. The molecule has 4 nitrogen and oxygen atoms in total. The lowest BCUT2D eigenvalue weighted by Gasteiger charge is -2.13. The highest BCUT2D eigenvalue weighted by molar-refractivity contribution is 6.32. The largest absolute Gasteiger partial charge is 0.482 e. The summed E-state index contributed by atoms with van der Waals surface area (Å²) in [5.74, 6) is 0.332. The van der Waals surface area contributed by atoms with Crippen LogP contribution in [0.15, 0.2) is 48.5 Å². The summed E-state index contributed by atoms with van der Waals surface area (Å²) in [4.78, 5) is 11.7. The number of ether oxygens (including phenoxy) is 1. The van der Waals surface area contributed by atoms with Crippen LogP contribution >= 0.6 is 11.6 Å². The van der Waals surface area contributed by atoms with Crippen molar-refractivity contribution in [2.75, 3.05) is 20.2 Å². The van der Waals surface area contributed by atoms with Gasteiger partial charge in [-0.1, -0.05) is 48.0 Å². The topological polar surface area (TPSA) is 50.4 Å². The summed E-state index contributed by atoms with van der Waals surface area (Å²) in [5.41, 5.74) is 2.09. The van der Waals surface area contributed by atoms with Gasteiger partial charge < -0.3 is 15.4 Å². The first-order valence-electron chi connectivity index (χ1n) is 7.52. The zero-order valence-electron chi connectivity index (χ0n) is 13.3. The van der Waals surface area contributed by atoms with Crippen molar-refractivity contribution in [3.05, 3.63) is 53.6 Å². The Hall–Kier alpha value is -2.04. The van der Waals surface area contributed by atoms with Crippen LogP contribution in [0.2, 0.25) is 5.02 Å². The number of carbonyl (C=O) groups excluding carboxylic acids is 1. The fourth-order valence-corrected chi connectivity index (χ4v) is 2.23. The quantitative estimate of drug-likeness (QED) is 0.819. The number of halogens is 1. The van der Waals surface area contributed by atoms with Crippen molar-refractivity contribution in [1.29, 1.82) is 0 Å². The lowest BCUT2D eigenvalue weighted by Crippen LogP contribution is -2.39. The van der Waals surface area contributed by atoms with Crippen LogP contribution in [0.5, 0.6) is 5.75 Å². The van der Waals surface area contributed by atoms with Crippen molar-refractivity contribution < 1.29 is 9.53 Å². The second kappa shape index (κ2) is 8.56. The molecule has 0 aliphatic heterocycles. The Balaban J connectivity index is 1.93. The Kier molecular flexibility index (Phi) is 6.44. The molecule has 0 heterocycles. The third-order valence-electron chi connectivity index (χ3n) is 3.50. The standard InChI is InChI=1S/C18H21ClN2O2/c1-13(20-2)11-21-18(22)12-23-17-9-8-15(10-16(17)19)14-6-4-3-5-7-14/h3-10,13,20H,11-12H2,1-2H3,(H,21,22). The van der Waals surface area contributed by atoms with Crippen LogP contribution in [0.4, 0.5) is 0 Å². The predicted molar refractivity (Wildman–Crippen MR) is 93.9 cm³/mol. The molecule has 2 N–H and O–H groups in total. The van der Waals surface area contributed by atoms with E-state index >= 15 is 0 Å². The summed E-state index contributed by atoms with van der Waals surface area (Å²) in [7, 11) is 1.85. The fraction of sp³-hybridized carbons (Fsp3) is 0.278. The van der Waals surface area contributed by atoms with Gasteiger partial charge in [-0.25, -0.2) is 0 Å². The lowest BCUT2D eigenvalue weighted by atomic mass is 10.1. The Labute approximate surface area is 141 Å². The van der Waals surface area contributed by atoms with Crippen LogP contribution < -0.4 is 15.4 Å². The number of nitrogens with one attached hydrogen (secondary N) is 2. The van der Waals surface area contributed by atoms with Crippen LogP contribution in [-0.4, -0.2) is 32.1 Å². The van der Waals surface area contributed by atoms with E-state index in [4.69, 9.17) is 16.3 Å². The number of carbonyl (C=O) groups is 1. The molecule has 0 saturated heterocycles. The van der Waals surface area contributed by atoms with Gasteiger partial charge in [-0.05, 0) is 37.2 Å². The minimum absolute atomic E-state index is 0.0547. The van der Waals surface area contributed by atoms with Crippen LogP contribution in [0.3, 0.4) is 0 Å². The molecule has 0 bridgehead atoms. The summed E-state index contributed by atoms with van der Waals surface area (Å²) < 4.78 is 5.49. The molecule has 2 aromatic carbocycles. The molecule has 0 fully saturated rings. The van der Waals surface area contributed by atoms with Crippen LogP contribution in [0.1, 0.15) is 6.92 Å². The van der Waals surface area contributed by atoms with Gasteiger partial charge in [-0.2, -0.15) is 0 Å². The lowest BCUT2D eigenvalue weighted by molar-refractivity contribution is -0.123. The number of hydrogen-bond donors (Lipinski definition) is 2. The third-order valence-corrected chi connectivity index (χ3v) is 3.79. The Morgan fingerprint density at radius 2 is 1.91 bits per heavy atom. The molecule has 1 atom stereocenters. The van der Waals surface area contributed by atoms with Gasteiger partial charge in [0.05, 0.1) is 5.02 Å². The van der Waals surface area contributed by atoms with E-state index in [-0.39, 0.29) is 18.6 Å². The molecule has 2 aromatic rings. The van der Waals surface area contributed by atoms with E-state index in [0.717, 1.165) is 11.1 Å². The average molecular weight is 333 g/mol. The molecular weight excluding hydrogens is 312 g/mol. The minimum Gasteiger partial charge on any atom is -0.482 e. The normalized spacial score (nSPS) is 11.8. The molecular formula is C18H21ClN2O2. The number of rotatable bonds is 7. The number of benzene rings is 2. The van der Waals surface area contributed by atoms with Crippen molar-refractivity contribution in [2.45, 2.75) is 13.0 Å². The van der Waals surface area contributed by atoms with Crippen LogP contribution in [-0.2, 0) is 4.79 Å². The predicted octanol–water partition coefficient (Wildman–Crippen LogP) is 3.11. The van der Waals surface area contributed by atoms with Gasteiger partial charge in [0.1, 0.15) is 5.75 Å². The van der Waals surface area contributed by atoms with Gasteiger partial charge in [-0.15, -0.1) is 0 Å². The van der Waals surface area contributed by atoms with Gasteiger partial charge >= 0.3 is 0 Å². The summed E-state index contributed by atoms with van der Waals surface area (Å²) >= 11 is 6.25. The van der Waals surface area contributed by atoms with E-state index in [1.165, 1.54) is 0 Å². The molecule has 23 heavy (non-hydrogen) atoms. The van der Waals surface area contributed by atoms with Gasteiger partial charge in [0.2, 0.25) is 0 Å². The smallest absolute Gasteiger partial charge is 0.257 e. The molecule has 0 saturated carbocycles. The Morgan fingerprint density at radius 1 is 1.17 bits per heavy atom. The van der Waals surface area contributed by atoms with Crippen molar-refractivity contribution in [2.24, 2.45) is 0 Å². The van der Waals surface area contributed by atoms with E-state index in [9.17, 15) is 4.79 Å². The summed E-state index contributed by atoms with van der Waals surface area (Å²) in [5, 5.41) is 6.33. The van der Waals surface area contributed by atoms with Crippen LogP contribution in [0.25, 0.3) is 11.1 Å². The van der Waals surface area contributed by atoms with E-state index < -0.39 is 0 Å². The van der Waals surface area contributed by atoms with Crippen molar-refractivity contribution in [1.82, 2.24) is 10.6 Å². The SMILES string of the molecule is CNC(C)CNC(=O)COc1ccc(-c2ccccc2)cc1Cl. The Bertz CT molecular complexity index is 647. The first kappa shape index (κ1) is 17.3. The first-order valence-corrected chi connectivity index (χ1v) is 7.89.